The number of benzene rings is 1. The summed E-state index contributed by atoms with van der Waals surface area (Å²) in [6.45, 7) is 1.80. The molecule has 1 aromatic carbocycles. The van der Waals surface area contributed by atoms with Gasteiger partial charge in [0, 0.05) is 17.8 Å². The Morgan fingerprint density at radius 2 is 1.83 bits per heavy atom. The normalized spacial score (nSPS) is 14.4. The van der Waals surface area contributed by atoms with Crippen molar-refractivity contribution in [1.82, 2.24) is 14.9 Å². The number of fused-ring (bicyclic) bond motifs is 1. The van der Waals surface area contributed by atoms with Gasteiger partial charge in [0.1, 0.15) is 5.66 Å². The molecule has 0 aliphatic heterocycles. The van der Waals surface area contributed by atoms with E-state index in [0.717, 1.165) is 16.5 Å². The number of nitrogens with one attached hydrogen (secondary N) is 1. The highest BCUT2D eigenvalue weighted by atomic mass is 35.5. The molecule has 2 atom stereocenters. The molecule has 23 heavy (non-hydrogen) atoms. The topological polar surface area (TPSA) is 50.1 Å². The number of nitrogens with zero attached hydrogens (tertiary/aromatic N) is 2. The lowest BCUT2D eigenvalue weighted by atomic mass is 9.93. The van der Waals surface area contributed by atoms with Gasteiger partial charge in [-0.2, -0.15) is 0 Å². The summed E-state index contributed by atoms with van der Waals surface area (Å²) in [5, 5.41) is 15.0. The van der Waals surface area contributed by atoms with Gasteiger partial charge < -0.3 is 9.67 Å². The molecular formula is C17H21Cl2N3O. The van der Waals surface area contributed by atoms with Crippen LogP contribution in [0.1, 0.15) is 12.5 Å². The van der Waals surface area contributed by atoms with E-state index in [-0.39, 0.29) is 24.8 Å². The van der Waals surface area contributed by atoms with Gasteiger partial charge in [-0.15, -0.1) is 24.8 Å². The molecule has 2 aromatic heterocycles. The van der Waals surface area contributed by atoms with Crippen molar-refractivity contribution in [2.45, 2.75) is 18.7 Å². The molecular weight excluding hydrogens is 333 g/mol. The summed E-state index contributed by atoms with van der Waals surface area (Å²) in [6.07, 6.45) is 4.97. The lowest BCUT2D eigenvalue weighted by molar-refractivity contribution is 0.0593. The first kappa shape index (κ1) is 19.5. The number of hydrogen-bond donors (Lipinski definition) is 2. The van der Waals surface area contributed by atoms with Crippen LogP contribution in [-0.4, -0.2) is 27.8 Å². The Labute approximate surface area is 148 Å². The highest BCUT2D eigenvalue weighted by molar-refractivity contribution is 5.85. The average Bonchev–Trinajstić information content (AvgIpc) is 2.94. The first-order valence-electron chi connectivity index (χ1n) is 7.04. The number of rotatable bonds is 4. The van der Waals surface area contributed by atoms with E-state index in [1.165, 1.54) is 0 Å². The zero-order valence-corrected chi connectivity index (χ0v) is 14.6. The number of hydrogen-bond acceptors (Lipinski definition) is 3. The summed E-state index contributed by atoms with van der Waals surface area (Å²) in [4.78, 5) is 4.22. The maximum atomic E-state index is 10.5. The van der Waals surface area contributed by atoms with Gasteiger partial charge in [0.05, 0.1) is 17.8 Å². The first-order valence-corrected chi connectivity index (χ1v) is 7.04. The molecule has 0 spiro atoms. The van der Waals surface area contributed by atoms with Gasteiger partial charge in [0.15, 0.2) is 0 Å². The predicted octanol–water partition coefficient (Wildman–Crippen LogP) is 3.18. The predicted molar refractivity (Wildman–Crippen MR) is 98.5 cm³/mol. The molecule has 0 aliphatic rings. The molecule has 0 saturated carbocycles. The minimum atomic E-state index is -0.730. The Balaban J connectivity index is 0.00000132. The van der Waals surface area contributed by atoms with Gasteiger partial charge >= 0.3 is 0 Å². The zero-order valence-electron chi connectivity index (χ0n) is 13.0. The van der Waals surface area contributed by atoms with E-state index in [2.05, 4.69) is 14.9 Å². The third kappa shape index (κ3) is 3.08. The minimum Gasteiger partial charge on any atom is -0.389 e. The van der Waals surface area contributed by atoms with Crippen molar-refractivity contribution in [3.05, 3.63) is 66.6 Å². The van der Waals surface area contributed by atoms with E-state index >= 15 is 0 Å². The van der Waals surface area contributed by atoms with E-state index in [1.807, 2.05) is 61.9 Å². The standard InChI is InChI=1S/C17H19N3O.2ClH/c1-13(21)17(18-2,15-6-4-3-5-7-15)20-11-9-14-8-10-19-12-16(14)20;;/h3-13,18,21H,1-2H3;2*1H. The van der Waals surface area contributed by atoms with Crippen molar-refractivity contribution in [3.63, 3.8) is 0 Å². The quantitative estimate of drug-likeness (QED) is 0.757. The highest BCUT2D eigenvalue weighted by Crippen LogP contribution is 2.31. The summed E-state index contributed by atoms with van der Waals surface area (Å²) in [7, 11) is 1.86. The summed E-state index contributed by atoms with van der Waals surface area (Å²) >= 11 is 0. The molecule has 0 aliphatic carbocycles. The first-order chi connectivity index (χ1) is 10.2. The van der Waals surface area contributed by atoms with Gasteiger partial charge in [-0.05, 0) is 31.7 Å². The molecule has 2 heterocycles. The maximum Gasteiger partial charge on any atom is 0.147 e. The van der Waals surface area contributed by atoms with E-state index in [9.17, 15) is 5.11 Å². The number of aliphatic hydroxyl groups excluding tert-OH is 1. The van der Waals surface area contributed by atoms with Gasteiger partial charge in [-0.25, -0.2) is 0 Å². The third-order valence-electron chi connectivity index (χ3n) is 4.08. The Bertz CT molecular complexity index is 746. The monoisotopic (exact) mass is 353 g/mol. The Kier molecular flexibility index (Phi) is 6.59. The van der Waals surface area contributed by atoms with E-state index in [4.69, 9.17) is 0 Å². The number of likely N-dealkylation sites (N-methyl/N-ethyl adjacent to an activating group) is 1. The van der Waals surface area contributed by atoms with Gasteiger partial charge in [0.25, 0.3) is 0 Å². The molecule has 0 bridgehead atoms. The second kappa shape index (κ2) is 7.79. The van der Waals surface area contributed by atoms with Crippen LogP contribution in [0.2, 0.25) is 0 Å². The summed E-state index contributed by atoms with van der Waals surface area (Å²) in [6, 6.07) is 14.0. The van der Waals surface area contributed by atoms with Crippen LogP contribution in [0.3, 0.4) is 0 Å². The Morgan fingerprint density at radius 3 is 2.43 bits per heavy atom. The van der Waals surface area contributed by atoms with Crippen molar-refractivity contribution in [2.24, 2.45) is 0 Å². The summed E-state index contributed by atoms with van der Waals surface area (Å²) in [5.41, 5.74) is 1.26. The van der Waals surface area contributed by atoms with Crippen molar-refractivity contribution >= 4 is 35.7 Å². The number of aromatic nitrogens is 2. The number of pyridine rings is 1. The van der Waals surface area contributed by atoms with Crippen LogP contribution in [0.4, 0.5) is 0 Å². The second-order valence-corrected chi connectivity index (χ2v) is 5.18. The molecule has 3 aromatic rings. The molecule has 2 unspecified atom stereocenters. The van der Waals surface area contributed by atoms with Crippen LogP contribution >= 0.6 is 24.8 Å². The molecule has 6 heteroatoms. The average molecular weight is 354 g/mol. The fourth-order valence-electron chi connectivity index (χ4n) is 3.03. The van der Waals surface area contributed by atoms with Crippen molar-refractivity contribution in [1.29, 1.82) is 0 Å². The molecule has 0 fully saturated rings. The van der Waals surface area contributed by atoms with Gasteiger partial charge in [-0.3, -0.25) is 10.3 Å². The van der Waals surface area contributed by atoms with Crippen LogP contribution in [0.25, 0.3) is 10.9 Å². The van der Waals surface area contributed by atoms with E-state index < -0.39 is 11.8 Å². The van der Waals surface area contributed by atoms with Crippen LogP contribution in [0.5, 0.6) is 0 Å². The Hall–Kier alpha value is -1.59. The molecule has 3 rings (SSSR count). The number of aliphatic hydroxyl groups is 1. The van der Waals surface area contributed by atoms with Crippen molar-refractivity contribution in [2.75, 3.05) is 7.05 Å². The van der Waals surface area contributed by atoms with E-state index in [0.29, 0.717) is 0 Å². The lowest BCUT2D eigenvalue weighted by Crippen LogP contribution is -2.54. The van der Waals surface area contributed by atoms with E-state index in [1.54, 1.807) is 13.1 Å². The van der Waals surface area contributed by atoms with Crippen molar-refractivity contribution < 1.29 is 5.11 Å². The minimum absolute atomic E-state index is 0. The molecule has 0 amide bonds. The van der Waals surface area contributed by atoms with Crippen molar-refractivity contribution in [3.8, 4) is 0 Å². The molecule has 124 valence electrons. The van der Waals surface area contributed by atoms with Crippen LogP contribution < -0.4 is 5.32 Å². The fourth-order valence-corrected chi connectivity index (χ4v) is 3.03. The molecule has 2 N–H and O–H groups in total. The summed E-state index contributed by atoms with van der Waals surface area (Å²) in [5.74, 6) is 0. The maximum absolute atomic E-state index is 10.5. The fraction of sp³-hybridized carbons (Fsp3) is 0.235. The third-order valence-corrected chi connectivity index (χ3v) is 4.08. The molecule has 0 saturated heterocycles. The van der Waals surface area contributed by atoms with Crippen LogP contribution in [0.15, 0.2) is 61.1 Å². The highest BCUT2D eigenvalue weighted by Gasteiger charge is 2.38. The second-order valence-electron chi connectivity index (χ2n) is 5.18. The molecule has 0 radical (unpaired) electrons. The molecule has 4 nitrogen and oxygen atoms in total. The zero-order chi connectivity index (χ0) is 14.9. The Morgan fingerprint density at radius 1 is 1.13 bits per heavy atom. The van der Waals surface area contributed by atoms with Crippen LogP contribution in [-0.2, 0) is 5.66 Å². The smallest absolute Gasteiger partial charge is 0.147 e. The SMILES string of the molecule is CNC(c1ccccc1)(C(C)O)n1ccc2ccncc21.Cl.Cl. The summed E-state index contributed by atoms with van der Waals surface area (Å²) < 4.78 is 2.05. The lowest BCUT2D eigenvalue weighted by Gasteiger charge is -2.39. The van der Waals surface area contributed by atoms with Crippen LogP contribution in [0, 0.1) is 0 Å². The van der Waals surface area contributed by atoms with Gasteiger partial charge in [-0.1, -0.05) is 30.3 Å². The largest absolute Gasteiger partial charge is 0.389 e. The number of halogens is 2. The van der Waals surface area contributed by atoms with Gasteiger partial charge in [0.2, 0.25) is 0 Å².